The lowest BCUT2D eigenvalue weighted by Crippen LogP contribution is -2.27. The van der Waals surface area contributed by atoms with E-state index in [4.69, 9.17) is 9.84 Å². The molecule has 0 saturated heterocycles. The van der Waals surface area contributed by atoms with Gasteiger partial charge in [0.25, 0.3) is 0 Å². The van der Waals surface area contributed by atoms with Crippen LogP contribution in [0.3, 0.4) is 0 Å². The number of unbranched alkanes of at least 4 members (excludes halogenated alkanes) is 1. The molecule has 0 aliphatic rings. The average molecular weight is 242 g/mol. The van der Waals surface area contributed by atoms with E-state index in [9.17, 15) is 0 Å². The Morgan fingerprint density at radius 3 is 2.53 bits per heavy atom. The van der Waals surface area contributed by atoms with Crippen molar-refractivity contribution in [3.05, 3.63) is 11.6 Å². The number of aliphatic hydroxyl groups is 1. The quantitative estimate of drug-likeness (QED) is 0.462. The van der Waals surface area contributed by atoms with E-state index in [0.29, 0.717) is 0 Å². The first-order valence-corrected chi connectivity index (χ1v) is 6.98. The molecule has 0 aromatic rings. The molecule has 0 rings (SSSR count). The van der Waals surface area contributed by atoms with Crippen LogP contribution < -0.4 is 0 Å². The molecule has 0 spiro atoms. The molecule has 0 amide bonds. The van der Waals surface area contributed by atoms with E-state index in [1.54, 1.807) is 0 Å². The molecule has 1 unspecified atom stereocenters. The Hall–Kier alpha value is -0.340. The monoisotopic (exact) mass is 242 g/mol. The predicted molar refractivity (Wildman–Crippen MR) is 74.2 cm³/mol. The molecule has 17 heavy (non-hydrogen) atoms. The summed E-state index contributed by atoms with van der Waals surface area (Å²) in [6.45, 7) is 9.69. The summed E-state index contributed by atoms with van der Waals surface area (Å²) >= 11 is 0. The van der Waals surface area contributed by atoms with Crippen molar-refractivity contribution in [2.75, 3.05) is 13.2 Å². The van der Waals surface area contributed by atoms with Gasteiger partial charge in [-0.3, -0.25) is 0 Å². The van der Waals surface area contributed by atoms with Gasteiger partial charge in [0.15, 0.2) is 0 Å². The molecule has 0 aromatic carbocycles. The van der Waals surface area contributed by atoms with Gasteiger partial charge in [-0.05, 0) is 52.9 Å². The molecular weight excluding hydrogens is 212 g/mol. The van der Waals surface area contributed by atoms with Crippen molar-refractivity contribution in [1.29, 1.82) is 0 Å². The minimum absolute atomic E-state index is 0.0669. The molecule has 0 aliphatic heterocycles. The molecule has 0 aromatic heterocycles. The van der Waals surface area contributed by atoms with Crippen molar-refractivity contribution in [3.8, 4) is 0 Å². The number of allylic oxidation sites excluding steroid dienone is 1. The Morgan fingerprint density at radius 1 is 1.29 bits per heavy atom. The van der Waals surface area contributed by atoms with Crippen molar-refractivity contribution in [3.63, 3.8) is 0 Å². The van der Waals surface area contributed by atoms with Crippen LogP contribution in [-0.4, -0.2) is 23.9 Å². The highest BCUT2D eigenvalue weighted by atomic mass is 16.5. The Bertz CT molecular complexity index is 211. The van der Waals surface area contributed by atoms with Gasteiger partial charge in [-0.1, -0.05) is 25.0 Å². The topological polar surface area (TPSA) is 29.5 Å². The van der Waals surface area contributed by atoms with E-state index in [0.717, 1.165) is 32.3 Å². The van der Waals surface area contributed by atoms with Gasteiger partial charge in [0.2, 0.25) is 0 Å². The molecule has 0 aliphatic carbocycles. The summed E-state index contributed by atoms with van der Waals surface area (Å²) in [5, 5.41) is 8.72. The maximum absolute atomic E-state index is 8.72. The molecule has 0 fully saturated rings. The number of aliphatic hydroxyl groups excluding tert-OH is 1. The minimum Gasteiger partial charge on any atom is -0.396 e. The second-order valence-corrected chi connectivity index (χ2v) is 5.01. The standard InChI is InChI=1S/C15H30O2/c1-5-15(4,17-6-2)12-8-7-10-14(3)11-9-13-16/h11,16H,5-10,12-13H2,1-4H3. The Morgan fingerprint density at radius 2 is 2.00 bits per heavy atom. The molecule has 0 radical (unpaired) electrons. The highest BCUT2D eigenvalue weighted by molar-refractivity contribution is 4.97. The van der Waals surface area contributed by atoms with Gasteiger partial charge in [0, 0.05) is 13.2 Å². The second-order valence-electron chi connectivity index (χ2n) is 5.01. The third-order valence-electron chi connectivity index (χ3n) is 3.39. The summed E-state index contributed by atoms with van der Waals surface area (Å²) in [7, 11) is 0. The summed E-state index contributed by atoms with van der Waals surface area (Å²) in [5.74, 6) is 0. The maximum atomic E-state index is 8.72. The van der Waals surface area contributed by atoms with Crippen LogP contribution >= 0.6 is 0 Å². The average Bonchev–Trinajstić information content (AvgIpc) is 2.32. The van der Waals surface area contributed by atoms with E-state index in [1.807, 2.05) is 0 Å². The van der Waals surface area contributed by atoms with E-state index in [-0.39, 0.29) is 12.2 Å². The lowest BCUT2D eigenvalue weighted by Gasteiger charge is -2.28. The fourth-order valence-corrected chi connectivity index (χ4v) is 2.02. The van der Waals surface area contributed by atoms with Crippen LogP contribution in [0.2, 0.25) is 0 Å². The van der Waals surface area contributed by atoms with Crippen molar-refractivity contribution in [2.24, 2.45) is 0 Å². The fourth-order valence-electron chi connectivity index (χ4n) is 2.02. The molecule has 102 valence electrons. The normalized spacial score (nSPS) is 15.9. The van der Waals surface area contributed by atoms with E-state index in [2.05, 4.69) is 33.8 Å². The van der Waals surface area contributed by atoms with E-state index in [1.165, 1.54) is 18.4 Å². The SMILES string of the molecule is CCOC(C)(CC)CCCCC(C)=CCCO. The van der Waals surface area contributed by atoms with Gasteiger partial charge in [-0.2, -0.15) is 0 Å². The maximum Gasteiger partial charge on any atom is 0.0651 e. The predicted octanol–water partition coefficient (Wildman–Crippen LogP) is 4.08. The van der Waals surface area contributed by atoms with Crippen LogP contribution in [0.5, 0.6) is 0 Å². The Balaban J connectivity index is 3.75. The fraction of sp³-hybridized carbons (Fsp3) is 0.867. The number of ether oxygens (including phenoxy) is 1. The molecule has 0 heterocycles. The third kappa shape index (κ3) is 8.39. The lowest BCUT2D eigenvalue weighted by molar-refractivity contribution is -0.0352. The summed E-state index contributed by atoms with van der Waals surface area (Å²) in [5.41, 5.74) is 1.46. The first kappa shape index (κ1) is 16.7. The molecule has 1 atom stereocenters. The zero-order valence-electron chi connectivity index (χ0n) is 12.1. The first-order chi connectivity index (χ1) is 8.08. The molecule has 2 nitrogen and oxygen atoms in total. The molecule has 0 saturated carbocycles. The van der Waals surface area contributed by atoms with Gasteiger partial charge in [0.05, 0.1) is 5.60 Å². The molecule has 1 N–H and O–H groups in total. The highest BCUT2D eigenvalue weighted by Crippen LogP contribution is 2.23. The minimum atomic E-state index is 0.0669. The van der Waals surface area contributed by atoms with Crippen molar-refractivity contribution >= 4 is 0 Å². The van der Waals surface area contributed by atoms with Crippen LogP contribution in [0, 0.1) is 0 Å². The van der Waals surface area contributed by atoms with Crippen molar-refractivity contribution in [1.82, 2.24) is 0 Å². The van der Waals surface area contributed by atoms with Gasteiger partial charge in [-0.15, -0.1) is 0 Å². The van der Waals surface area contributed by atoms with Crippen LogP contribution in [0.25, 0.3) is 0 Å². The van der Waals surface area contributed by atoms with Crippen LogP contribution in [0.4, 0.5) is 0 Å². The van der Waals surface area contributed by atoms with Crippen LogP contribution in [0.1, 0.15) is 66.2 Å². The van der Waals surface area contributed by atoms with E-state index >= 15 is 0 Å². The number of rotatable bonds is 10. The number of hydrogen-bond acceptors (Lipinski definition) is 2. The second kappa shape index (κ2) is 9.67. The van der Waals surface area contributed by atoms with Gasteiger partial charge >= 0.3 is 0 Å². The Kier molecular flexibility index (Phi) is 9.47. The molecule has 2 heteroatoms. The largest absolute Gasteiger partial charge is 0.396 e. The van der Waals surface area contributed by atoms with Crippen LogP contribution in [-0.2, 0) is 4.74 Å². The first-order valence-electron chi connectivity index (χ1n) is 6.98. The zero-order chi connectivity index (χ0) is 13.1. The smallest absolute Gasteiger partial charge is 0.0651 e. The van der Waals surface area contributed by atoms with E-state index < -0.39 is 0 Å². The van der Waals surface area contributed by atoms with Gasteiger partial charge in [-0.25, -0.2) is 0 Å². The van der Waals surface area contributed by atoms with Crippen molar-refractivity contribution < 1.29 is 9.84 Å². The van der Waals surface area contributed by atoms with Crippen molar-refractivity contribution in [2.45, 2.75) is 71.8 Å². The van der Waals surface area contributed by atoms with Crippen LogP contribution in [0.15, 0.2) is 11.6 Å². The molecular formula is C15H30O2. The number of hydrogen-bond donors (Lipinski definition) is 1. The summed E-state index contributed by atoms with van der Waals surface area (Å²) in [6.07, 6.45) is 8.74. The van der Waals surface area contributed by atoms with Gasteiger partial charge in [0.1, 0.15) is 0 Å². The van der Waals surface area contributed by atoms with Gasteiger partial charge < -0.3 is 9.84 Å². The third-order valence-corrected chi connectivity index (χ3v) is 3.39. The molecule has 0 bridgehead atoms. The summed E-state index contributed by atoms with van der Waals surface area (Å²) in [6, 6.07) is 0. The highest BCUT2D eigenvalue weighted by Gasteiger charge is 2.20. The summed E-state index contributed by atoms with van der Waals surface area (Å²) in [4.78, 5) is 0. The lowest BCUT2D eigenvalue weighted by atomic mass is 9.94. The zero-order valence-corrected chi connectivity index (χ0v) is 12.1. The summed E-state index contributed by atoms with van der Waals surface area (Å²) < 4.78 is 5.80. The Labute approximate surface area is 107 Å².